The number of aliphatic hydroxyl groups excluding tert-OH is 1. The van der Waals surface area contributed by atoms with E-state index in [4.69, 9.17) is 16.7 Å². The standard InChI is InChI=1S/C14H22ClNOS/c1-11(5-8-17)14(6-2-7-14)10-16-9-12-3-4-13(15)18-12/h3-4,11,16-17H,2,5-10H2,1H3. The molecule has 2 rings (SSSR count). The maximum Gasteiger partial charge on any atom is 0.0931 e. The SMILES string of the molecule is CC(CCO)C1(CNCc2ccc(Cl)s2)CCC1. The third-order valence-corrected chi connectivity index (χ3v) is 5.59. The number of hydrogen-bond acceptors (Lipinski definition) is 3. The summed E-state index contributed by atoms with van der Waals surface area (Å²) in [6, 6.07) is 4.04. The van der Waals surface area contributed by atoms with Gasteiger partial charge in [0, 0.05) is 24.6 Å². The number of nitrogens with one attached hydrogen (secondary N) is 1. The Hall–Kier alpha value is -0.0900. The highest BCUT2D eigenvalue weighted by Crippen LogP contribution is 2.47. The first kappa shape index (κ1) is 14.3. The Kier molecular flexibility index (Phi) is 5.07. The van der Waals surface area contributed by atoms with Crippen molar-refractivity contribution in [1.29, 1.82) is 0 Å². The third-order valence-electron chi connectivity index (χ3n) is 4.36. The van der Waals surface area contributed by atoms with Gasteiger partial charge < -0.3 is 10.4 Å². The highest BCUT2D eigenvalue weighted by Gasteiger charge is 2.40. The van der Waals surface area contributed by atoms with Gasteiger partial charge in [-0.2, -0.15) is 0 Å². The van der Waals surface area contributed by atoms with Crippen LogP contribution in [0, 0.1) is 11.3 Å². The first-order chi connectivity index (χ1) is 8.66. The Morgan fingerprint density at radius 2 is 2.28 bits per heavy atom. The summed E-state index contributed by atoms with van der Waals surface area (Å²) in [5, 5.41) is 12.7. The fraction of sp³-hybridized carbons (Fsp3) is 0.714. The average Bonchev–Trinajstić information content (AvgIpc) is 2.68. The van der Waals surface area contributed by atoms with E-state index in [-0.39, 0.29) is 0 Å². The maximum absolute atomic E-state index is 9.09. The number of aliphatic hydroxyl groups is 1. The first-order valence-corrected chi connectivity index (χ1v) is 7.91. The maximum atomic E-state index is 9.09. The van der Waals surface area contributed by atoms with E-state index in [0.717, 1.165) is 23.8 Å². The van der Waals surface area contributed by atoms with Gasteiger partial charge in [-0.1, -0.05) is 24.9 Å². The zero-order valence-electron chi connectivity index (χ0n) is 10.9. The Morgan fingerprint density at radius 3 is 2.78 bits per heavy atom. The van der Waals surface area contributed by atoms with Crippen LogP contribution < -0.4 is 5.32 Å². The summed E-state index contributed by atoms with van der Waals surface area (Å²) in [6.07, 6.45) is 4.85. The largest absolute Gasteiger partial charge is 0.396 e. The summed E-state index contributed by atoms with van der Waals surface area (Å²) >= 11 is 7.57. The number of rotatable bonds is 7. The molecular weight excluding hydrogens is 266 g/mol. The molecule has 1 aliphatic carbocycles. The van der Waals surface area contributed by atoms with Crippen LogP contribution in [0.25, 0.3) is 0 Å². The highest BCUT2D eigenvalue weighted by atomic mass is 35.5. The van der Waals surface area contributed by atoms with E-state index in [0.29, 0.717) is 17.9 Å². The normalized spacial score (nSPS) is 19.5. The molecular formula is C14H22ClNOS. The van der Waals surface area contributed by atoms with Crippen molar-refractivity contribution in [1.82, 2.24) is 5.32 Å². The van der Waals surface area contributed by atoms with Crippen molar-refractivity contribution in [3.63, 3.8) is 0 Å². The van der Waals surface area contributed by atoms with E-state index in [1.807, 2.05) is 6.07 Å². The number of hydrogen-bond donors (Lipinski definition) is 2. The van der Waals surface area contributed by atoms with Gasteiger partial charge in [0.2, 0.25) is 0 Å². The summed E-state index contributed by atoms with van der Waals surface area (Å²) in [5.74, 6) is 0.607. The quantitative estimate of drug-likeness (QED) is 0.802. The van der Waals surface area contributed by atoms with Crippen molar-refractivity contribution in [3.8, 4) is 0 Å². The van der Waals surface area contributed by atoms with Gasteiger partial charge in [-0.15, -0.1) is 11.3 Å². The van der Waals surface area contributed by atoms with Crippen molar-refractivity contribution in [2.24, 2.45) is 11.3 Å². The monoisotopic (exact) mass is 287 g/mol. The van der Waals surface area contributed by atoms with Crippen LogP contribution in [0.3, 0.4) is 0 Å². The topological polar surface area (TPSA) is 32.3 Å². The van der Waals surface area contributed by atoms with E-state index in [1.54, 1.807) is 11.3 Å². The molecule has 0 aromatic carbocycles. The van der Waals surface area contributed by atoms with E-state index in [9.17, 15) is 0 Å². The summed E-state index contributed by atoms with van der Waals surface area (Å²) in [7, 11) is 0. The minimum absolute atomic E-state index is 0.309. The van der Waals surface area contributed by atoms with Crippen LogP contribution in [0.1, 0.15) is 37.5 Å². The third kappa shape index (κ3) is 3.27. The average molecular weight is 288 g/mol. The van der Waals surface area contributed by atoms with Crippen LogP contribution >= 0.6 is 22.9 Å². The minimum Gasteiger partial charge on any atom is -0.396 e. The summed E-state index contributed by atoms with van der Waals surface area (Å²) in [4.78, 5) is 1.30. The predicted molar refractivity (Wildman–Crippen MR) is 78.2 cm³/mol. The van der Waals surface area contributed by atoms with Gasteiger partial charge in [0.05, 0.1) is 4.34 Å². The second-order valence-electron chi connectivity index (χ2n) is 5.44. The van der Waals surface area contributed by atoms with Gasteiger partial charge in [-0.05, 0) is 42.7 Å². The van der Waals surface area contributed by atoms with Crippen LogP contribution in [-0.4, -0.2) is 18.3 Å². The molecule has 0 bridgehead atoms. The molecule has 102 valence electrons. The molecule has 2 nitrogen and oxygen atoms in total. The molecule has 0 aliphatic heterocycles. The van der Waals surface area contributed by atoms with Crippen molar-refractivity contribution in [2.45, 2.75) is 39.2 Å². The number of thiophene rings is 1. The molecule has 1 atom stereocenters. The Morgan fingerprint density at radius 1 is 1.50 bits per heavy atom. The van der Waals surface area contributed by atoms with Crippen molar-refractivity contribution >= 4 is 22.9 Å². The predicted octanol–water partition coefficient (Wildman–Crippen LogP) is 3.68. The van der Waals surface area contributed by atoms with Gasteiger partial charge >= 0.3 is 0 Å². The minimum atomic E-state index is 0.309. The van der Waals surface area contributed by atoms with Crippen molar-refractivity contribution in [2.75, 3.05) is 13.2 Å². The molecule has 2 N–H and O–H groups in total. The molecule has 1 aromatic rings. The molecule has 18 heavy (non-hydrogen) atoms. The molecule has 0 saturated heterocycles. The molecule has 1 saturated carbocycles. The first-order valence-electron chi connectivity index (χ1n) is 6.72. The van der Waals surface area contributed by atoms with Crippen LogP contribution in [0.4, 0.5) is 0 Å². The van der Waals surface area contributed by atoms with Crippen LogP contribution in [-0.2, 0) is 6.54 Å². The molecule has 0 amide bonds. The van der Waals surface area contributed by atoms with E-state index >= 15 is 0 Å². The highest BCUT2D eigenvalue weighted by molar-refractivity contribution is 7.16. The van der Waals surface area contributed by atoms with E-state index < -0.39 is 0 Å². The van der Waals surface area contributed by atoms with Gasteiger partial charge in [0.25, 0.3) is 0 Å². The number of halogens is 1. The lowest BCUT2D eigenvalue weighted by atomic mass is 9.60. The molecule has 1 aromatic heterocycles. The van der Waals surface area contributed by atoms with Crippen LogP contribution in [0.15, 0.2) is 12.1 Å². The summed E-state index contributed by atoms with van der Waals surface area (Å²) in [6.45, 7) is 4.55. The fourth-order valence-electron chi connectivity index (χ4n) is 2.86. The molecule has 1 fully saturated rings. The molecule has 1 heterocycles. The van der Waals surface area contributed by atoms with E-state index in [1.165, 1.54) is 24.1 Å². The lowest BCUT2D eigenvalue weighted by molar-refractivity contribution is 0.0427. The molecule has 1 unspecified atom stereocenters. The lowest BCUT2D eigenvalue weighted by Gasteiger charge is -2.47. The molecule has 0 spiro atoms. The molecule has 1 aliphatic rings. The summed E-state index contributed by atoms with van der Waals surface area (Å²) < 4.78 is 0.860. The second-order valence-corrected chi connectivity index (χ2v) is 7.24. The van der Waals surface area contributed by atoms with E-state index in [2.05, 4.69) is 18.3 Å². The van der Waals surface area contributed by atoms with Crippen LogP contribution in [0.5, 0.6) is 0 Å². The zero-order valence-corrected chi connectivity index (χ0v) is 12.5. The van der Waals surface area contributed by atoms with Gasteiger partial charge in [-0.25, -0.2) is 0 Å². The smallest absolute Gasteiger partial charge is 0.0931 e. The van der Waals surface area contributed by atoms with Crippen LogP contribution in [0.2, 0.25) is 4.34 Å². The Bertz CT molecular complexity index is 376. The zero-order chi connectivity index (χ0) is 13.0. The summed E-state index contributed by atoms with van der Waals surface area (Å²) in [5.41, 5.74) is 0.420. The van der Waals surface area contributed by atoms with Gasteiger partial charge in [0.15, 0.2) is 0 Å². The van der Waals surface area contributed by atoms with Gasteiger partial charge in [0.1, 0.15) is 0 Å². The second kappa shape index (κ2) is 6.38. The van der Waals surface area contributed by atoms with Crippen molar-refractivity contribution < 1.29 is 5.11 Å². The van der Waals surface area contributed by atoms with Gasteiger partial charge in [-0.3, -0.25) is 0 Å². The Labute approximate surface area is 118 Å². The lowest BCUT2D eigenvalue weighted by Crippen LogP contribution is -2.44. The molecule has 4 heteroatoms. The van der Waals surface area contributed by atoms with Crippen molar-refractivity contribution in [3.05, 3.63) is 21.3 Å². The fourth-order valence-corrected chi connectivity index (χ4v) is 3.91. The molecule has 0 radical (unpaired) electrons. The Balaban J connectivity index is 1.80.